The first-order valence-electron chi connectivity index (χ1n) is 13.7. The second-order valence-electron chi connectivity index (χ2n) is 11.2. The summed E-state index contributed by atoms with van der Waals surface area (Å²) in [6.45, 7) is 7.17. The van der Waals surface area contributed by atoms with Gasteiger partial charge in [-0.2, -0.15) is 0 Å². The lowest BCUT2D eigenvalue weighted by Crippen LogP contribution is -2.47. The van der Waals surface area contributed by atoms with E-state index in [0.29, 0.717) is 30.7 Å². The van der Waals surface area contributed by atoms with Crippen molar-refractivity contribution in [3.8, 4) is 0 Å². The number of benzene rings is 2. The second kappa shape index (κ2) is 11.9. The summed E-state index contributed by atoms with van der Waals surface area (Å²) < 4.78 is 0. The lowest BCUT2D eigenvalue weighted by atomic mass is 9.68. The Hall–Kier alpha value is -2.88. The van der Waals surface area contributed by atoms with Gasteiger partial charge in [0.05, 0.1) is 0 Å². The van der Waals surface area contributed by atoms with Gasteiger partial charge in [0.1, 0.15) is 0 Å². The van der Waals surface area contributed by atoms with E-state index in [0.717, 1.165) is 49.7 Å². The minimum Gasteiger partial charge on any atom is -0.353 e. The summed E-state index contributed by atoms with van der Waals surface area (Å²) in [6, 6.07) is 18.5. The van der Waals surface area contributed by atoms with Gasteiger partial charge in [-0.1, -0.05) is 74.5 Å². The van der Waals surface area contributed by atoms with Crippen LogP contribution >= 0.6 is 0 Å². The number of hydrogen-bond acceptors (Lipinski definition) is 2. The van der Waals surface area contributed by atoms with Gasteiger partial charge in [0.15, 0.2) is 0 Å². The van der Waals surface area contributed by atoms with Crippen LogP contribution < -0.4 is 10.6 Å². The summed E-state index contributed by atoms with van der Waals surface area (Å²) in [4.78, 5) is 25.8. The number of rotatable bonds is 8. The van der Waals surface area contributed by atoms with E-state index in [9.17, 15) is 9.59 Å². The van der Waals surface area contributed by atoms with E-state index in [1.165, 1.54) is 5.56 Å². The zero-order valence-electron chi connectivity index (χ0n) is 22.1. The molecule has 2 aliphatic carbocycles. The Morgan fingerprint density at radius 3 is 2.36 bits per heavy atom. The Kier molecular flexibility index (Phi) is 8.66. The van der Waals surface area contributed by atoms with Crippen molar-refractivity contribution in [3.63, 3.8) is 0 Å². The van der Waals surface area contributed by atoms with Crippen molar-refractivity contribution in [3.05, 3.63) is 83.4 Å². The predicted molar refractivity (Wildman–Crippen MR) is 147 cm³/mol. The number of carbonyl (C=O) groups excluding carboxylic acids is 2. The lowest BCUT2D eigenvalue weighted by molar-refractivity contribution is -0.122. The van der Waals surface area contributed by atoms with E-state index >= 15 is 0 Å². The molecule has 3 unspecified atom stereocenters. The van der Waals surface area contributed by atoms with Crippen LogP contribution in [0.5, 0.6) is 0 Å². The van der Waals surface area contributed by atoms with Crippen molar-refractivity contribution in [2.75, 3.05) is 6.54 Å². The van der Waals surface area contributed by atoms with Crippen LogP contribution in [-0.2, 0) is 10.2 Å². The van der Waals surface area contributed by atoms with Crippen molar-refractivity contribution in [1.82, 2.24) is 10.6 Å². The lowest BCUT2D eigenvalue weighted by Gasteiger charge is -2.41. The number of aryl methyl sites for hydroxylation is 1. The third-order valence-electron chi connectivity index (χ3n) is 8.73. The zero-order chi connectivity index (χ0) is 25.5. The fraction of sp³-hybridized carbons (Fsp3) is 0.500. The van der Waals surface area contributed by atoms with Gasteiger partial charge in [-0.15, -0.1) is 0 Å². The van der Waals surface area contributed by atoms with Gasteiger partial charge >= 0.3 is 0 Å². The molecule has 2 N–H and O–H groups in total. The predicted octanol–water partition coefficient (Wildman–Crippen LogP) is 6.35. The minimum atomic E-state index is -0.111. The molecule has 4 rings (SSSR count). The van der Waals surface area contributed by atoms with Crippen LogP contribution in [0.1, 0.15) is 80.3 Å². The van der Waals surface area contributed by atoms with E-state index in [1.807, 2.05) is 37.3 Å². The summed E-state index contributed by atoms with van der Waals surface area (Å²) in [5.41, 5.74) is 2.88. The van der Waals surface area contributed by atoms with Crippen LogP contribution in [0.3, 0.4) is 0 Å². The fourth-order valence-electron chi connectivity index (χ4n) is 6.33. The molecule has 2 aromatic carbocycles. The minimum absolute atomic E-state index is 0.0140. The number of allylic oxidation sites excluding steroid dienone is 2. The molecule has 3 atom stereocenters. The van der Waals surface area contributed by atoms with Crippen molar-refractivity contribution >= 4 is 11.8 Å². The molecule has 0 radical (unpaired) electrons. The summed E-state index contributed by atoms with van der Waals surface area (Å²) in [6.07, 6.45) is 11.0. The van der Waals surface area contributed by atoms with Gasteiger partial charge in [0.2, 0.25) is 5.91 Å². The number of carbonyl (C=O) groups is 2. The average Bonchev–Trinajstić information content (AvgIpc) is 2.89. The monoisotopic (exact) mass is 486 g/mol. The highest BCUT2D eigenvalue weighted by molar-refractivity contribution is 5.95. The molecule has 2 aromatic rings. The normalized spacial score (nSPS) is 27.9. The van der Waals surface area contributed by atoms with Crippen LogP contribution in [0.2, 0.25) is 0 Å². The molecule has 0 aromatic heterocycles. The molecule has 0 saturated heterocycles. The van der Waals surface area contributed by atoms with Gasteiger partial charge in [-0.3, -0.25) is 9.59 Å². The molecule has 2 aliphatic rings. The Morgan fingerprint density at radius 1 is 0.972 bits per heavy atom. The maximum Gasteiger partial charge on any atom is 0.251 e. The van der Waals surface area contributed by atoms with Gasteiger partial charge in [0.25, 0.3) is 5.91 Å². The van der Waals surface area contributed by atoms with Crippen molar-refractivity contribution in [2.24, 2.45) is 17.8 Å². The highest BCUT2D eigenvalue weighted by atomic mass is 16.2. The van der Waals surface area contributed by atoms with Gasteiger partial charge in [0, 0.05) is 30.0 Å². The van der Waals surface area contributed by atoms with Crippen molar-refractivity contribution in [2.45, 2.75) is 77.2 Å². The van der Waals surface area contributed by atoms with Crippen LogP contribution in [0.25, 0.3) is 0 Å². The van der Waals surface area contributed by atoms with Crippen LogP contribution in [0.4, 0.5) is 0 Å². The molecule has 2 amide bonds. The molecule has 1 saturated carbocycles. The fourth-order valence-corrected chi connectivity index (χ4v) is 6.33. The Bertz CT molecular complexity index is 1050. The highest BCUT2D eigenvalue weighted by Crippen LogP contribution is 2.39. The van der Waals surface area contributed by atoms with Crippen molar-refractivity contribution < 1.29 is 9.59 Å². The first-order chi connectivity index (χ1) is 17.4. The topological polar surface area (TPSA) is 58.2 Å². The van der Waals surface area contributed by atoms with E-state index in [2.05, 4.69) is 60.9 Å². The number of amides is 2. The largest absolute Gasteiger partial charge is 0.353 e. The standard InChI is InChI=1S/C32H42N2O2/c1-23-11-9-12-24(2)28(23)16-17-30(35)34-27-18-20-32(21-19-27,26-13-5-4-6-14-26)22-33-31(36)29-15-8-7-10-25(29)3/h4-11,13-15,23-24,27-28H,12,16-22H2,1-3H3,(H,33,36)(H,34,35). The molecular weight excluding hydrogens is 444 g/mol. The quantitative estimate of drug-likeness (QED) is 0.427. The van der Waals surface area contributed by atoms with E-state index in [4.69, 9.17) is 0 Å². The first-order valence-corrected chi connectivity index (χ1v) is 13.7. The molecule has 0 heterocycles. The van der Waals surface area contributed by atoms with E-state index in [-0.39, 0.29) is 23.3 Å². The Labute approximate surface area is 217 Å². The molecule has 4 heteroatoms. The third kappa shape index (κ3) is 6.27. The molecule has 192 valence electrons. The van der Waals surface area contributed by atoms with Gasteiger partial charge < -0.3 is 10.6 Å². The SMILES string of the molecule is Cc1ccccc1C(=O)NCC1(c2ccccc2)CCC(NC(=O)CCC2C(C)C=CCC2C)CC1. The molecule has 4 nitrogen and oxygen atoms in total. The van der Waals surface area contributed by atoms with Gasteiger partial charge in [-0.05, 0) is 80.4 Å². The van der Waals surface area contributed by atoms with Crippen molar-refractivity contribution in [1.29, 1.82) is 0 Å². The molecule has 0 spiro atoms. The van der Waals surface area contributed by atoms with Crippen LogP contribution in [0.15, 0.2) is 66.7 Å². The summed E-state index contributed by atoms with van der Waals surface area (Å²) in [7, 11) is 0. The highest BCUT2D eigenvalue weighted by Gasteiger charge is 2.37. The number of hydrogen-bond donors (Lipinski definition) is 2. The molecular formula is C32H42N2O2. The average molecular weight is 487 g/mol. The van der Waals surface area contributed by atoms with E-state index in [1.54, 1.807) is 0 Å². The Morgan fingerprint density at radius 2 is 1.67 bits per heavy atom. The van der Waals surface area contributed by atoms with Crippen LogP contribution in [0, 0.1) is 24.7 Å². The third-order valence-corrected chi connectivity index (χ3v) is 8.73. The molecule has 1 fully saturated rings. The molecule has 36 heavy (non-hydrogen) atoms. The first kappa shape index (κ1) is 26.2. The summed E-state index contributed by atoms with van der Waals surface area (Å²) >= 11 is 0. The van der Waals surface area contributed by atoms with E-state index < -0.39 is 0 Å². The molecule has 0 aliphatic heterocycles. The number of nitrogens with one attached hydrogen (secondary N) is 2. The zero-order valence-corrected chi connectivity index (χ0v) is 22.1. The second-order valence-corrected chi connectivity index (χ2v) is 11.2. The Balaban J connectivity index is 1.34. The summed E-state index contributed by atoms with van der Waals surface area (Å²) in [5, 5.41) is 6.57. The summed E-state index contributed by atoms with van der Waals surface area (Å²) in [5.74, 6) is 1.97. The maximum atomic E-state index is 13.0. The van der Waals surface area contributed by atoms with Crippen LogP contribution in [-0.4, -0.2) is 24.4 Å². The smallest absolute Gasteiger partial charge is 0.251 e. The maximum absolute atomic E-state index is 13.0. The molecule has 0 bridgehead atoms. The van der Waals surface area contributed by atoms with Gasteiger partial charge in [-0.25, -0.2) is 0 Å².